The van der Waals surface area contributed by atoms with Crippen molar-refractivity contribution in [2.45, 2.75) is 25.7 Å². The summed E-state index contributed by atoms with van der Waals surface area (Å²) in [4.78, 5) is 0. The Morgan fingerprint density at radius 3 is 2.63 bits per heavy atom. The fourth-order valence-corrected chi connectivity index (χ4v) is 5.08. The van der Waals surface area contributed by atoms with Crippen molar-refractivity contribution < 1.29 is 0 Å². The molecule has 0 bridgehead atoms. The van der Waals surface area contributed by atoms with Crippen molar-refractivity contribution in [1.29, 1.82) is 0 Å². The average molecular weight is 347 g/mol. The van der Waals surface area contributed by atoms with Gasteiger partial charge in [-0.1, -0.05) is 67.6 Å². The second-order valence-electron chi connectivity index (χ2n) is 7.83. The molecule has 0 radical (unpaired) electrons. The average Bonchev–Trinajstić information content (AvgIpc) is 3.24. The molecule has 6 rings (SSSR count). The zero-order chi connectivity index (χ0) is 18.0. The van der Waals surface area contributed by atoms with Gasteiger partial charge in [-0.25, -0.2) is 0 Å². The van der Waals surface area contributed by atoms with Crippen LogP contribution in [-0.4, -0.2) is 4.57 Å². The number of nitrogens with zero attached hydrogens (tertiary/aromatic N) is 1. The third-order valence-corrected chi connectivity index (χ3v) is 6.28. The number of benzene rings is 3. The molecule has 4 aromatic rings. The zero-order valence-corrected chi connectivity index (χ0v) is 15.4. The molecule has 1 atom stereocenters. The number of rotatable bonds is 1. The van der Waals surface area contributed by atoms with E-state index in [1.54, 1.807) is 0 Å². The molecule has 1 nitrogen and oxygen atoms in total. The lowest BCUT2D eigenvalue weighted by molar-refractivity contribution is 0.772. The Labute approximate surface area is 159 Å². The smallest absolute Gasteiger partial charge is 0.0537 e. The molecule has 130 valence electrons. The zero-order valence-electron chi connectivity index (χ0n) is 15.4. The Balaban J connectivity index is 1.70. The molecule has 1 heteroatoms. The molecule has 0 saturated carbocycles. The lowest BCUT2D eigenvalue weighted by atomic mass is 9.91. The molecule has 0 fully saturated rings. The van der Waals surface area contributed by atoms with Gasteiger partial charge in [0.1, 0.15) is 0 Å². The van der Waals surface area contributed by atoms with E-state index >= 15 is 0 Å². The molecule has 0 amide bonds. The lowest BCUT2D eigenvalue weighted by Gasteiger charge is -2.18. The third kappa shape index (κ3) is 2.00. The van der Waals surface area contributed by atoms with E-state index in [2.05, 4.69) is 90.4 Å². The molecule has 1 aromatic heterocycles. The fourth-order valence-electron chi connectivity index (χ4n) is 5.08. The third-order valence-electron chi connectivity index (χ3n) is 6.28. The first-order valence-corrected chi connectivity index (χ1v) is 9.83. The predicted octanol–water partition coefficient (Wildman–Crippen LogP) is 6.72. The topological polar surface area (TPSA) is 4.93 Å². The lowest BCUT2D eigenvalue weighted by Crippen LogP contribution is -2.05. The molecule has 2 aliphatic rings. The van der Waals surface area contributed by atoms with Gasteiger partial charge < -0.3 is 4.57 Å². The molecule has 1 heterocycles. The molecule has 27 heavy (non-hydrogen) atoms. The summed E-state index contributed by atoms with van der Waals surface area (Å²) in [5.74, 6) is 0.560. The van der Waals surface area contributed by atoms with Crippen LogP contribution in [0.1, 0.15) is 41.6 Å². The van der Waals surface area contributed by atoms with Crippen LogP contribution in [0.5, 0.6) is 0 Å². The van der Waals surface area contributed by atoms with Crippen LogP contribution in [0.2, 0.25) is 0 Å². The maximum Gasteiger partial charge on any atom is 0.0537 e. The number of aromatic nitrogens is 1. The van der Waals surface area contributed by atoms with Crippen molar-refractivity contribution in [2.75, 3.05) is 0 Å². The highest BCUT2D eigenvalue weighted by atomic mass is 15.0. The standard InChI is InChI=1S/C26H21N/c1-17-8-6-15-25-26(17)21-11-4-5-13-23(21)27(25)24-14-7-12-20-19-10-3-2-9-18(19)16-22(20)24/h2-7,9-15,17H,8,16H2,1H3. The monoisotopic (exact) mass is 347 g/mol. The molecule has 0 spiro atoms. The number of para-hydroxylation sites is 1. The van der Waals surface area contributed by atoms with E-state index in [9.17, 15) is 0 Å². The van der Waals surface area contributed by atoms with Crippen LogP contribution in [-0.2, 0) is 6.42 Å². The summed E-state index contributed by atoms with van der Waals surface area (Å²) in [6.45, 7) is 2.35. The van der Waals surface area contributed by atoms with Gasteiger partial charge in [0.15, 0.2) is 0 Å². The summed E-state index contributed by atoms with van der Waals surface area (Å²) in [7, 11) is 0. The summed E-state index contributed by atoms with van der Waals surface area (Å²) in [5.41, 5.74) is 11.2. The van der Waals surface area contributed by atoms with Gasteiger partial charge in [-0.15, -0.1) is 0 Å². The van der Waals surface area contributed by atoms with Gasteiger partial charge in [0, 0.05) is 17.5 Å². The van der Waals surface area contributed by atoms with Crippen LogP contribution in [0.4, 0.5) is 0 Å². The molecule has 0 N–H and O–H groups in total. The summed E-state index contributed by atoms with van der Waals surface area (Å²) >= 11 is 0. The van der Waals surface area contributed by atoms with Crippen LogP contribution < -0.4 is 0 Å². The van der Waals surface area contributed by atoms with E-state index in [0.29, 0.717) is 5.92 Å². The Hall–Kier alpha value is -3.06. The highest BCUT2D eigenvalue weighted by Crippen LogP contribution is 2.44. The first-order valence-electron chi connectivity index (χ1n) is 9.83. The van der Waals surface area contributed by atoms with Crippen LogP contribution in [0.15, 0.2) is 72.8 Å². The van der Waals surface area contributed by atoms with Gasteiger partial charge in [0.05, 0.1) is 11.2 Å². The molecule has 1 unspecified atom stereocenters. The van der Waals surface area contributed by atoms with Crippen molar-refractivity contribution in [1.82, 2.24) is 4.57 Å². The maximum atomic E-state index is 2.50. The largest absolute Gasteiger partial charge is 0.309 e. The normalized spacial score (nSPS) is 17.0. The molecule has 0 aliphatic heterocycles. The minimum Gasteiger partial charge on any atom is -0.309 e. The molecule has 2 aliphatic carbocycles. The van der Waals surface area contributed by atoms with Crippen LogP contribution >= 0.6 is 0 Å². The maximum absolute atomic E-state index is 2.50. The van der Waals surface area contributed by atoms with Crippen LogP contribution in [0.25, 0.3) is 33.8 Å². The van der Waals surface area contributed by atoms with Gasteiger partial charge in [0.2, 0.25) is 0 Å². The number of hydrogen-bond donors (Lipinski definition) is 0. The minimum atomic E-state index is 0.560. The highest BCUT2D eigenvalue weighted by Gasteiger charge is 2.26. The molecular formula is C26H21N. The van der Waals surface area contributed by atoms with Crippen molar-refractivity contribution >= 4 is 17.0 Å². The van der Waals surface area contributed by atoms with E-state index in [1.165, 1.54) is 50.1 Å². The summed E-state index contributed by atoms with van der Waals surface area (Å²) in [5, 5.41) is 1.40. The van der Waals surface area contributed by atoms with Crippen molar-refractivity contribution in [3.8, 4) is 16.8 Å². The van der Waals surface area contributed by atoms with Gasteiger partial charge in [-0.2, -0.15) is 0 Å². The highest BCUT2D eigenvalue weighted by molar-refractivity contribution is 5.92. The Morgan fingerprint density at radius 2 is 1.67 bits per heavy atom. The van der Waals surface area contributed by atoms with Crippen molar-refractivity contribution in [2.24, 2.45) is 0 Å². The van der Waals surface area contributed by atoms with E-state index < -0.39 is 0 Å². The van der Waals surface area contributed by atoms with Crippen molar-refractivity contribution in [3.05, 3.63) is 95.2 Å². The van der Waals surface area contributed by atoms with Crippen molar-refractivity contribution in [3.63, 3.8) is 0 Å². The Kier molecular flexibility index (Phi) is 3.05. The Bertz CT molecular complexity index is 1240. The SMILES string of the molecule is CC1CC=Cc2c1c1ccccc1n2-c1cccc2c1Cc1ccccc1-2. The van der Waals surface area contributed by atoms with Gasteiger partial charge in [-0.05, 0) is 58.4 Å². The van der Waals surface area contributed by atoms with Crippen LogP contribution in [0, 0.1) is 0 Å². The number of hydrogen-bond acceptors (Lipinski definition) is 0. The van der Waals surface area contributed by atoms with Crippen LogP contribution in [0.3, 0.4) is 0 Å². The molecule has 3 aromatic carbocycles. The predicted molar refractivity (Wildman–Crippen MR) is 114 cm³/mol. The first kappa shape index (κ1) is 15.0. The van der Waals surface area contributed by atoms with Gasteiger partial charge >= 0.3 is 0 Å². The molecule has 0 saturated heterocycles. The second-order valence-corrected chi connectivity index (χ2v) is 7.83. The van der Waals surface area contributed by atoms with Gasteiger partial charge in [-0.3, -0.25) is 0 Å². The fraction of sp³-hybridized carbons (Fsp3) is 0.154. The summed E-state index contributed by atoms with van der Waals surface area (Å²) < 4.78 is 2.50. The summed E-state index contributed by atoms with van der Waals surface area (Å²) in [6.07, 6.45) is 6.80. The summed E-state index contributed by atoms with van der Waals surface area (Å²) in [6, 6.07) is 24.5. The van der Waals surface area contributed by atoms with E-state index in [0.717, 1.165) is 12.8 Å². The second kappa shape index (κ2) is 5.47. The van der Waals surface area contributed by atoms with Gasteiger partial charge in [0.25, 0.3) is 0 Å². The number of fused-ring (bicyclic) bond motifs is 6. The number of allylic oxidation sites excluding steroid dienone is 1. The van der Waals surface area contributed by atoms with E-state index in [-0.39, 0.29) is 0 Å². The Morgan fingerprint density at radius 1 is 0.852 bits per heavy atom. The van der Waals surface area contributed by atoms with E-state index in [4.69, 9.17) is 0 Å². The first-order chi connectivity index (χ1) is 13.3. The minimum absolute atomic E-state index is 0.560. The van der Waals surface area contributed by atoms with E-state index in [1.807, 2.05) is 0 Å². The quantitative estimate of drug-likeness (QED) is 0.317. The molecular weight excluding hydrogens is 326 g/mol.